The Labute approximate surface area is 129 Å². The molecule has 1 aromatic heterocycles. The molecule has 0 aliphatic heterocycles. The van der Waals surface area contributed by atoms with Crippen molar-refractivity contribution in [2.45, 2.75) is 25.4 Å². The second kappa shape index (κ2) is 5.81. The van der Waals surface area contributed by atoms with E-state index >= 15 is 0 Å². The predicted molar refractivity (Wildman–Crippen MR) is 84.7 cm³/mol. The molecule has 0 saturated carbocycles. The summed E-state index contributed by atoms with van der Waals surface area (Å²) in [5.41, 5.74) is 3.80. The van der Waals surface area contributed by atoms with Crippen LogP contribution in [0.5, 0.6) is 0 Å². The topological polar surface area (TPSA) is 62.5 Å². The number of furan rings is 1. The van der Waals surface area contributed by atoms with Crippen LogP contribution in [-0.4, -0.2) is 24.2 Å². The largest absolute Gasteiger partial charge is 0.464 e. The Morgan fingerprint density at radius 3 is 2.59 bits per heavy atom. The number of carbonyl (C=O) groups is 1. The third kappa shape index (κ3) is 2.57. The summed E-state index contributed by atoms with van der Waals surface area (Å²) in [7, 11) is 1.61. The van der Waals surface area contributed by atoms with Crippen LogP contribution in [0.3, 0.4) is 0 Å². The molecule has 114 valence electrons. The number of benzene rings is 1. The van der Waals surface area contributed by atoms with Gasteiger partial charge in [-0.1, -0.05) is 23.8 Å². The van der Waals surface area contributed by atoms with E-state index in [1.165, 1.54) is 0 Å². The highest BCUT2D eigenvalue weighted by atomic mass is 16.3. The quantitative estimate of drug-likeness (QED) is 0.856. The summed E-state index contributed by atoms with van der Waals surface area (Å²) in [5.74, 6) is 0.876. The molecule has 22 heavy (non-hydrogen) atoms. The number of aliphatic hydroxyl groups is 1. The Bertz CT molecular complexity index is 712. The van der Waals surface area contributed by atoms with Crippen LogP contribution in [0.1, 0.15) is 35.2 Å². The molecule has 2 N–H and O–H groups in total. The third-order valence-corrected chi connectivity index (χ3v) is 4.19. The molecule has 0 unspecified atom stereocenters. The Morgan fingerprint density at radius 2 is 2.00 bits per heavy atom. The van der Waals surface area contributed by atoms with E-state index in [2.05, 4.69) is 5.32 Å². The van der Waals surface area contributed by atoms with Gasteiger partial charge in [0, 0.05) is 29.7 Å². The molecular weight excluding hydrogens is 278 g/mol. The molecular formula is C18H19NO3. The van der Waals surface area contributed by atoms with Crippen LogP contribution in [0.2, 0.25) is 0 Å². The van der Waals surface area contributed by atoms with Gasteiger partial charge in [-0.25, -0.2) is 0 Å². The Kier molecular flexibility index (Phi) is 3.86. The zero-order chi connectivity index (χ0) is 15.7. The van der Waals surface area contributed by atoms with Crippen LogP contribution in [-0.2, 0) is 0 Å². The van der Waals surface area contributed by atoms with E-state index in [-0.39, 0.29) is 17.9 Å². The molecule has 0 radical (unpaired) electrons. The van der Waals surface area contributed by atoms with Gasteiger partial charge in [0.1, 0.15) is 5.76 Å². The molecule has 2 atom stereocenters. The molecule has 3 rings (SSSR count). The van der Waals surface area contributed by atoms with Crippen LogP contribution in [0.25, 0.3) is 11.3 Å². The zero-order valence-electron chi connectivity index (χ0n) is 12.7. The molecule has 0 bridgehead atoms. The maximum Gasteiger partial charge on any atom is 0.251 e. The maximum atomic E-state index is 11.6. The first kappa shape index (κ1) is 14.6. The van der Waals surface area contributed by atoms with Crippen LogP contribution in [0, 0.1) is 0 Å². The first-order valence-corrected chi connectivity index (χ1v) is 7.36. The fourth-order valence-corrected chi connectivity index (χ4v) is 3.03. The van der Waals surface area contributed by atoms with Crippen molar-refractivity contribution in [3.05, 3.63) is 59.4 Å². The monoisotopic (exact) mass is 297 g/mol. The number of rotatable bonds is 3. The molecule has 1 amide bonds. The van der Waals surface area contributed by atoms with E-state index in [0.717, 1.165) is 22.5 Å². The van der Waals surface area contributed by atoms with E-state index < -0.39 is 0 Å². The van der Waals surface area contributed by atoms with Crippen molar-refractivity contribution in [1.82, 2.24) is 5.32 Å². The number of hydrogen-bond donors (Lipinski definition) is 2. The fourth-order valence-electron chi connectivity index (χ4n) is 3.03. The number of amides is 1. The Balaban J connectivity index is 1.92. The van der Waals surface area contributed by atoms with Gasteiger partial charge in [-0.15, -0.1) is 0 Å². The molecule has 4 heteroatoms. The number of nitrogens with one attached hydrogen (secondary N) is 1. The predicted octanol–water partition coefficient (Wildman–Crippen LogP) is 3.10. The summed E-state index contributed by atoms with van der Waals surface area (Å²) in [6.45, 7) is 2.03. The molecule has 1 aromatic carbocycles. The minimum absolute atomic E-state index is 0.107. The van der Waals surface area contributed by atoms with Gasteiger partial charge >= 0.3 is 0 Å². The highest BCUT2D eigenvalue weighted by Gasteiger charge is 2.27. The Hall–Kier alpha value is -2.33. The summed E-state index contributed by atoms with van der Waals surface area (Å²) < 4.78 is 5.66. The van der Waals surface area contributed by atoms with Gasteiger partial charge in [-0.2, -0.15) is 0 Å². The van der Waals surface area contributed by atoms with Gasteiger partial charge in [-0.05, 0) is 31.5 Å². The van der Waals surface area contributed by atoms with E-state index in [9.17, 15) is 9.90 Å². The average Bonchev–Trinajstić information content (AvgIpc) is 3.12. The highest BCUT2D eigenvalue weighted by molar-refractivity contribution is 5.94. The maximum absolute atomic E-state index is 11.6. The molecule has 0 fully saturated rings. The fraction of sp³-hybridized carbons (Fsp3) is 0.278. The van der Waals surface area contributed by atoms with Gasteiger partial charge in [0.2, 0.25) is 0 Å². The molecule has 1 aliphatic rings. The second-order valence-electron chi connectivity index (χ2n) is 5.63. The van der Waals surface area contributed by atoms with Crippen molar-refractivity contribution >= 4 is 5.91 Å². The van der Waals surface area contributed by atoms with Gasteiger partial charge in [0.15, 0.2) is 0 Å². The lowest BCUT2D eigenvalue weighted by molar-refractivity contribution is 0.0963. The summed E-state index contributed by atoms with van der Waals surface area (Å²) >= 11 is 0. The molecule has 0 spiro atoms. The van der Waals surface area contributed by atoms with Crippen LogP contribution in [0.15, 0.2) is 52.7 Å². The van der Waals surface area contributed by atoms with Gasteiger partial charge < -0.3 is 14.8 Å². The second-order valence-corrected chi connectivity index (χ2v) is 5.63. The van der Waals surface area contributed by atoms with Crippen LogP contribution < -0.4 is 5.32 Å². The smallest absolute Gasteiger partial charge is 0.251 e. The minimum atomic E-state index is -0.386. The van der Waals surface area contributed by atoms with Crippen molar-refractivity contribution in [2.75, 3.05) is 7.05 Å². The van der Waals surface area contributed by atoms with Crippen molar-refractivity contribution < 1.29 is 14.3 Å². The van der Waals surface area contributed by atoms with E-state index in [0.29, 0.717) is 12.0 Å². The number of carbonyl (C=O) groups excluding carboxylic acids is 1. The van der Waals surface area contributed by atoms with Crippen molar-refractivity contribution in [1.29, 1.82) is 0 Å². The molecule has 1 aliphatic carbocycles. The normalized spacial score (nSPS) is 20.8. The lowest BCUT2D eigenvalue weighted by atomic mass is 9.91. The van der Waals surface area contributed by atoms with Crippen molar-refractivity contribution in [3.8, 4) is 11.3 Å². The first-order chi connectivity index (χ1) is 10.6. The van der Waals surface area contributed by atoms with E-state index in [4.69, 9.17) is 4.42 Å². The lowest BCUT2D eigenvalue weighted by Gasteiger charge is -2.13. The Morgan fingerprint density at radius 1 is 1.27 bits per heavy atom. The van der Waals surface area contributed by atoms with Crippen LogP contribution in [0.4, 0.5) is 0 Å². The van der Waals surface area contributed by atoms with Gasteiger partial charge in [0.05, 0.1) is 12.4 Å². The number of hydrogen-bond acceptors (Lipinski definition) is 3. The summed E-state index contributed by atoms with van der Waals surface area (Å²) in [6.07, 6.45) is 3.88. The van der Waals surface area contributed by atoms with Crippen LogP contribution >= 0.6 is 0 Å². The molecule has 4 nitrogen and oxygen atoms in total. The summed E-state index contributed by atoms with van der Waals surface area (Å²) in [5, 5.41) is 12.4. The molecule has 2 aromatic rings. The zero-order valence-corrected chi connectivity index (χ0v) is 12.7. The first-order valence-electron chi connectivity index (χ1n) is 7.36. The summed E-state index contributed by atoms with van der Waals surface area (Å²) in [6, 6.07) is 9.30. The lowest BCUT2D eigenvalue weighted by Crippen LogP contribution is -2.17. The summed E-state index contributed by atoms with van der Waals surface area (Å²) in [4.78, 5) is 11.6. The average molecular weight is 297 g/mol. The molecule has 0 saturated heterocycles. The highest BCUT2D eigenvalue weighted by Crippen LogP contribution is 2.40. The van der Waals surface area contributed by atoms with Crippen molar-refractivity contribution in [2.24, 2.45) is 0 Å². The third-order valence-electron chi connectivity index (χ3n) is 4.19. The van der Waals surface area contributed by atoms with Gasteiger partial charge in [0.25, 0.3) is 5.91 Å². The van der Waals surface area contributed by atoms with E-state index in [1.54, 1.807) is 25.4 Å². The standard InChI is InChI=1S/C18H19NO3/c1-11-9-14(20)10-16(11)15-7-8-22-17(15)12-3-5-13(6-4-12)18(21)19-2/h3-9,14,16,20H,10H2,1-2H3,(H,19,21)/t14-,16+/m0/s1. The van der Waals surface area contributed by atoms with Gasteiger partial charge in [-0.3, -0.25) is 4.79 Å². The SMILES string of the molecule is CNC(=O)c1ccc(-c2occc2[C@@H]2C[C@@H](O)C=C2C)cc1. The van der Waals surface area contributed by atoms with Crippen molar-refractivity contribution in [3.63, 3.8) is 0 Å². The minimum Gasteiger partial charge on any atom is -0.464 e. The molecule has 1 heterocycles. The number of aliphatic hydroxyl groups excluding tert-OH is 1. The van der Waals surface area contributed by atoms with E-state index in [1.807, 2.05) is 31.2 Å². The number of allylic oxidation sites excluding steroid dienone is 1.